The molecule has 2 aliphatic rings. The van der Waals surface area contributed by atoms with E-state index in [1.165, 1.54) is 11.3 Å². The molecule has 2 heterocycles. The van der Waals surface area contributed by atoms with E-state index in [1.54, 1.807) is 0 Å². The highest BCUT2D eigenvalue weighted by Crippen LogP contribution is 2.37. The van der Waals surface area contributed by atoms with E-state index < -0.39 is 0 Å². The molecule has 0 saturated carbocycles. The molecule has 0 aliphatic carbocycles. The molecule has 0 unspecified atom stereocenters. The lowest BCUT2D eigenvalue weighted by Gasteiger charge is -2.29. The molecule has 128 valence electrons. The lowest BCUT2D eigenvalue weighted by Crippen LogP contribution is -2.42. The second-order valence-corrected chi connectivity index (χ2v) is 6.84. The van der Waals surface area contributed by atoms with Crippen molar-refractivity contribution in [1.29, 1.82) is 0 Å². The van der Waals surface area contributed by atoms with Crippen molar-refractivity contribution in [3.05, 3.63) is 40.8 Å². The fraction of sp³-hybridized carbons (Fsp3) is 0.444. The van der Waals surface area contributed by atoms with Gasteiger partial charge in [-0.2, -0.15) is 0 Å². The van der Waals surface area contributed by atoms with Crippen molar-refractivity contribution in [1.82, 2.24) is 9.80 Å². The molecule has 1 aromatic carbocycles. The van der Waals surface area contributed by atoms with Crippen LogP contribution in [0.2, 0.25) is 0 Å². The highest BCUT2D eigenvalue weighted by molar-refractivity contribution is 8.18. The van der Waals surface area contributed by atoms with E-state index in [9.17, 15) is 9.59 Å². The van der Waals surface area contributed by atoms with Crippen LogP contribution in [0.3, 0.4) is 0 Å². The second kappa shape index (κ2) is 7.85. The van der Waals surface area contributed by atoms with E-state index in [0.29, 0.717) is 23.9 Å². The van der Waals surface area contributed by atoms with Gasteiger partial charge in [0.2, 0.25) is 0 Å². The van der Waals surface area contributed by atoms with Crippen LogP contribution in [-0.2, 0) is 9.53 Å². The van der Waals surface area contributed by atoms with Gasteiger partial charge in [-0.3, -0.25) is 19.4 Å². The first-order valence-corrected chi connectivity index (χ1v) is 9.21. The average molecular weight is 346 g/mol. The Kier molecular flexibility index (Phi) is 5.58. The van der Waals surface area contributed by atoms with Crippen molar-refractivity contribution in [3.8, 4) is 0 Å². The molecular weight excluding hydrogens is 324 g/mol. The Bertz CT molecular complexity index is 639. The number of imide groups is 1. The molecule has 2 aliphatic heterocycles. The summed E-state index contributed by atoms with van der Waals surface area (Å²) in [4.78, 5) is 29.1. The Morgan fingerprint density at radius 3 is 2.50 bits per heavy atom. The van der Waals surface area contributed by atoms with Gasteiger partial charge in [-0.25, -0.2) is 0 Å². The predicted molar refractivity (Wildman–Crippen MR) is 95.1 cm³/mol. The van der Waals surface area contributed by atoms with Gasteiger partial charge < -0.3 is 4.74 Å². The maximum absolute atomic E-state index is 12.8. The molecule has 0 bridgehead atoms. The lowest BCUT2D eigenvalue weighted by molar-refractivity contribution is -0.124. The maximum Gasteiger partial charge on any atom is 0.294 e. The van der Waals surface area contributed by atoms with Crippen molar-refractivity contribution in [2.75, 3.05) is 26.4 Å². The summed E-state index contributed by atoms with van der Waals surface area (Å²) >= 11 is 0.979. The number of ether oxygens (including phenoxy) is 1. The third-order valence-corrected chi connectivity index (χ3v) is 5.13. The van der Waals surface area contributed by atoms with E-state index in [2.05, 4.69) is 4.90 Å². The zero-order chi connectivity index (χ0) is 16.9. The van der Waals surface area contributed by atoms with E-state index in [-0.39, 0.29) is 11.1 Å². The van der Waals surface area contributed by atoms with Crippen molar-refractivity contribution in [3.63, 3.8) is 0 Å². The monoisotopic (exact) mass is 346 g/mol. The van der Waals surface area contributed by atoms with Gasteiger partial charge in [0.05, 0.1) is 13.3 Å². The molecule has 6 heteroatoms. The molecule has 0 N–H and O–H groups in total. The molecular formula is C18H22N2O3S. The first-order chi connectivity index (χ1) is 11.7. The third-order valence-electron chi connectivity index (χ3n) is 4.17. The van der Waals surface area contributed by atoms with Crippen LogP contribution in [0, 0.1) is 0 Å². The summed E-state index contributed by atoms with van der Waals surface area (Å²) in [5, 5.41) is -0.214. The normalized spacial score (nSPS) is 21.3. The molecule has 5 nitrogen and oxygen atoms in total. The summed E-state index contributed by atoms with van der Waals surface area (Å²) in [6.45, 7) is 4.58. The number of nitrogens with zero attached hydrogens (tertiary/aromatic N) is 2. The topological polar surface area (TPSA) is 49.9 Å². The van der Waals surface area contributed by atoms with E-state index in [4.69, 9.17) is 4.74 Å². The highest BCUT2D eigenvalue weighted by Gasteiger charge is 2.39. The predicted octanol–water partition coefficient (Wildman–Crippen LogP) is 3.53. The summed E-state index contributed by atoms with van der Waals surface area (Å²) in [5.74, 6) is 0.255. The van der Waals surface area contributed by atoms with Gasteiger partial charge >= 0.3 is 0 Å². The van der Waals surface area contributed by atoms with E-state index >= 15 is 0 Å². The van der Waals surface area contributed by atoms with Crippen LogP contribution >= 0.6 is 11.8 Å². The zero-order valence-corrected chi connectivity index (χ0v) is 14.7. The molecule has 2 fully saturated rings. The van der Waals surface area contributed by atoms with Crippen molar-refractivity contribution in [2.24, 2.45) is 0 Å². The smallest absolute Gasteiger partial charge is 0.294 e. The van der Waals surface area contributed by atoms with Gasteiger partial charge in [0.25, 0.3) is 11.1 Å². The largest absolute Gasteiger partial charge is 0.492 e. The van der Waals surface area contributed by atoms with Gasteiger partial charge in [0.1, 0.15) is 10.7 Å². The summed E-state index contributed by atoms with van der Waals surface area (Å²) in [7, 11) is 0. The number of piperidine rings is 1. The van der Waals surface area contributed by atoms with Crippen molar-refractivity contribution >= 4 is 28.7 Å². The molecule has 2 amide bonds. The SMILES string of the molecule is CCOC(=C1SC(=O)N(CN2CCCCC2)C1=O)c1ccccc1. The van der Waals surface area contributed by atoms with Gasteiger partial charge in [0, 0.05) is 5.56 Å². The van der Waals surface area contributed by atoms with Crippen LogP contribution in [0.1, 0.15) is 31.7 Å². The quantitative estimate of drug-likeness (QED) is 0.603. The Morgan fingerprint density at radius 2 is 1.83 bits per heavy atom. The summed E-state index contributed by atoms with van der Waals surface area (Å²) < 4.78 is 5.71. The minimum absolute atomic E-state index is 0.214. The van der Waals surface area contributed by atoms with Gasteiger partial charge in [0.15, 0.2) is 0 Å². The number of carbonyl (C=O) groups excluding carboxylic acids is 2. The number of thioether (sulfide) groups is 1. The van der Waals surface area contributed by atoms with Gasteiger partial charge in [-0.1, -0.05) is 36.8 Å². The van der Waals surface area contributed by atoms with Crippen molar-refractivity contribution < 1.29 is 14.3 Å². The molecule has 24 heavy (non-hydrogen) atoms. The number of hydrogen-bond acceptors (Lipinski definition) is 5. The number of benzene rings is 1. The molecule has 2 saturated heterocycles. The summed E-state index contributed by atoms with van der Waals surface area (Å²) in [6.07, 6.45) is 3.47. The van der Waals surface area contributed by atoms with E-state index in [1.807, 2.05) is 37.3 Å². The highest BCUT2D eigenvalue weighted by atomic mass is 32.2. The number of rotatable bonds is 5. The molecule has 0 atom stereocenters. The minimum atomic E-state index is -0.247. The average Bonchev–Trinajstić information content (AvgIpc) is 2.89. The number of likely N-dealkylation sites (tertiary alicyclic amines) is 1. The number of carbonyl (C=O) groups is 2. The standard InChI is InChI=1S/C18H22N2O3S/c1-2-23-15(14-9-5-3-6-10-14)16-17(21)20(18(22)24-16)13-19-11-7-4-8-12-19/h3,5-6,9-10H,2,4,7-8,11-13H2,1H3. The van der Waals surface area contributed by atoms with Crippen LogP contribution < -0.4 is 0 Å². The first-order valence-electron chi connectivity index (χ1n) is 8.39. The van der Waals surface area contributed by atoms with Crippen LogP contribution in [0.25, 0.3) is 5.76 Å². The fourth-order valence-electron chi connectivity index (χ4n) is 2.97. The third kappa shape index (κ3) is 3.65. The minimum Gasteiger partial charge on any atom is -0.492 e. The first kappa shape index (κ1) is 17.0. The van der Waals surface area contributed by atoms with Crippen LogP contribution in [-0.4, -0.2) is 47.3 Å². The Balaban J connectivity index is 1.84. The zero-order valence-electron chi connectivity index (χ0n) is 13.9. The van der Waals surface area contributed by atoms with Crippen molar-refractivity contribution in [2.45, 2.75) is 26.2 Å². The van der Waals surface area contributed by atoms with Gasteiger partial charge in [-0.05, 0) is 44.6 Å². The molecule has 1 aromatic rings. The fourth-order valence-corrected chi connectivity index (χ4v) is 3.86. The lowest BCUT2D eigenvalue weighted by atomic mass is 10.1. The Morgan fingerprint density at radius 1 is 1.12 bits per heavy atom. The van der Waals surface area contributed by atoms with Crippen LogP contribution in [0.4, 0.5) is 4.79 Å². The Hall–Kier alpha value is -1.79. The van der Waals surface area contributed by atoms with E-state index in [0.717, 1.165) is 43.3 Å². The van der Waals surface area contributed by atoms with Crippen LogP contribution in [0.5, 0.6) is 0 Å². The molecule has 0 spiro atoms. The number of amides is 2. The number of hydrogen-bond donors (Lipinski definition) is 0. The van der Waals surface area contributed by atoms with Crippen LogP contribution in [0.15, 0.2) is 35.2 Å². The Labute approximate surface area is 146 Å². The summed E-state index contributed by atoms with van der Waals surface area (Å²) in [5.41, 5.74) is 0.822. The molecule has 0 aromatic heterocycles. The molecule has 3 rings (SSSR count). The molecule has 0 radical (unpaired) electrons. The van der Waals surface area contributed by atoms with Gasteiger partial charge in [-0.15, -0.1) is 0 Å². The second-order valence-electron chi connectivity index (χ2n) is 5.88. The summed E-state index contributed by atoms with van der Waals surface area (Å²) in [6, 6.07) is 9.49. The maximum atomic E-state index is 12.8.